The molecule has 0 bridgehead atoms. The maximum Gasteiger partial charge on any atom is 0.244 e. The molecule has 0 saturated heterocycles. The van der Waals surface area contributed by atoms with Crippen molar-refractivity contribution < 1.29 is 22.7 Å². The molecule has 0 fully saturated rings. The molecule has 0 unspecified atom stereocenters. The highest BCUT2D eigenvalue weighted by Crippen LogP contribution is 2.23. The van der Waals surface area contributed by atoms with Gasteiger partial charge in [0.25, 0.3) is 0 Å². The largest absolute Gasteiger partial charge is 0.494 e. The van der Waals surface area contributed by atoms with Gasteiger partial charge in [-0.3, -0.25) is 13.9 Å². The van der Waals surface area contributed by atoms with Crippen molar-refractivity contribution in [2.45, 2.75) is 46.3 Å². The number of carbonyl (C=O) groups excluding carboxylic acids is 2. The van der Waals surface area contributed by atoms with Crippen LogP contribution in [0.5, 0.6) is 5.75 Å². The van der Waals surface area contributed by atoms with Gasteiger partial charge in [0.2, 0.25) is 21.8 Å². The number of anilines is 1. The average molecular weight is 555 g/mol. The van der Waals surface area contributed by atoms with Crippen molar-refractivity contribution in [1.29, 1.82) is 0 Å². The van der Waals surface area contributed by atoms with E-state index < -0.39 is 28.5 Å². The molecule has 0 aliphatic rings. The molecule has 0 aromatic heterocycles. The van der Waals surface area contributed by atoms with Gasteiger partial charge in [0, 0.05) is 17.1 Å². The van der Waals surface area contributed by atoms with Crippen LogP contribution >= 0.6 is 15.9 Å². The summed E-state index contributed by atoms with van der Waals surface area (Å²) in [7, 11) is -3.78. The molecule has 2 amide bonds. The summed E-state index contributed by atoms with van der Waals surface area (Å²) < 4.78 is 32.5. The smallest absolute Gasteiger partial charge is 0.244 e. The molecule has 1 N–H and O–H groups in total. The van der Waals surface area contributed by atoms with E-state index in [9.17, 15) is 18.0 Å². The fourth-order valence-corrected chi connectivity index (χ4v) is 4.38. The van der Waals surface area contributed by atoms with Gasteiger partial charge >= 0.3 is 0 Å². The molecule has 0 spiro atoms. The number of hydrogen-bond donors (Lipinski definition) is 1. The summed E-state index contributed by atoms with van der Waals surface area (Å²) in [4.78, 5) is 27.6. The van der Waals surface area contributed by atoms with Crippen LogP contribution in [-0.2, 0) is 26.2 Å². The number of carbonyl (C=O) groups is 2. The van der Waals surface area contributed by atoms with E-state index in [0.717, 1.165) is 20.6 Å². The number of ether oxygens (including phenoxy) is 1. The fraction of sp³-hybridized carbons (Fsp3) is 0.417. The minimum atomic E-state index is -3.78. The zero-order valence-electron chi connectivity index (χ0n) is 20.1. The number of hydrogen-bond acceptors (Lipinski definition) is 5. The van der Waals surface area contributed by atoms with Crippen LogP contribution in [0.2, 0.25) is 0 Å². The number of nitrogens with one attached hydrogen (secondary N) is 1. The molecule has 0 radical (unpaired) electrons. The Balaban J connectivity index is 2.35. The van der Waals surface area contributed by atoms with Gasteiger partial charge in [0.05, 0.1) is 18.6 Å². The van der Waals surface area contributed by atoms with Crippen LogP contribution in [0.25, 0.3) is 0 Å². The quantitative estimate of drug-likeness (QED) is 0.459. The number of sulfonamides is 1. The van der Waals surface area contributed by atoms with Crippen molar-refractivity contribution in [2.24, 2.45) is 0 Å². The van der Waals surface area contributed by atoms with E-state index in [-0.39, 0.29) is 18.5 Å². The highest BCUT2D eigenvalue weighted by molar-refractivity contribution is 9.10. The predicted molar refractivity (Wildman–Crippen MR) is 137 cm³/mol. The van der Waals surface area contributed by atoms with Crippen LogP contribution in [0.15, 0.2) is 53.0 Å². The maximum atomic E-state index is 13.5. The lowest BCUT2D eigenvalue weighted by Gasteiger charge is -2.32. The van der Waals surface area contributed by atoms with Crippen LogP contribution in [0.3, 0.4) is 0 Å². The lowest BCUT2D eigenvalue weighted by atomic mass is 10.1. The molecule has 2 aromatic rings. The first-order chi connectivity index (χ1) is 15.9. The highest BCUT2D eigenvalue weighted by atomic mass is 79.9. The predicted octanol–water partition coefficient (Wildman–Crippen LogP) is 3.56. The van der Waals surface area contributed by atoms with E-state index >= 15 is 0 Å². The van der Waals surface area contributed by atoms with Gasteiger partial charge in [-0.05, 0) is 69.7 Å². The van der Waals surface area contributed by atoms with Crippen LogP contribution in [0, 0.1) is 0 Å². The monoisotopic (exact) mass is 553 g/mol. The van der Waals surface area contributed by atoms with Gasteiger partial charge in [-0.2, -0.15) is 0 Å². The lowest BCUT2D eigenvalue weighted by molar-refractivity contribution is -0.139. The van der Waals surface area contributed by atoms with Crippen LogP contribution < -0.4 is 14.4 Å². The number of nitrogens with zero attached hydrogens (tertiary/aromatic N) is 2. The first-order valence-electron chi connectivity index (χ1n) is 11.0. The summed E-state index contributed by atoms with van der Waals surface area (Å²) in [5.74, 6) is -0.206. The highest BCUT2D eigenvalue weighted by Gasteiger charge is 2.30. The molecule has 34 heavy (non-hydrogen) atoms. The third-order valence-electron chi connectivity index (χ3n) is 4.98. The molecule has 8 nitrogen and oxygen atoms in total. The summed E-state index contributed by atoms with van der Waals surface area (Å²) in [6, 6.07) is 13.0. The van der Waals surface area contributed by atoms with E-state index in [1.54, 1.807) is 31.2 Å². The van der Waals surface area contributed by atoms with Gasteiger partial charge in [-0.1, -0.05) is 28.1 Å². The molecular weight excluding hydrogens is 522 g/mol. The van der Waals surface area contributed by atoms with E-state index in [4.69, 9.17) is 4.74 Å². The molecule has 1 atom stereocenters. The van der Waals surface area contributed by atoms with E-state index in [2.05, 4.69) is 21.2 Å². The van der Waals surface area contributed by atoms with Gasteiger partial charge in [0.15, 0.2) is 0 Å². The van der Waals surface area contributed by atoms with Crippen molar-refractivity contribution in [1.82, 2.24) is 10.2 Å². The second-order valence-electron chi connectivity index (χ2n) is 8.18. The summed E-state index contributed by atoms with van der Waals surface area (Å²) in [6.07, 6.45) is 1.05. The Hall–Kier alpha value is -2.59. The van der Waals surface area contributed by atoms with Crippen LogP contribution in [0.1, 0.15) is 33.3 Å². The minimum Gasteiger partial charge on any atom is -0.494 e. The Bertz CT molecular complexity index is 1070. The van der Waals surface area contributed by atoms with Crippen LogP contribution in [0.4, 0.5) is 5.69 Å². The maximum absolute atomic E-state index is 13.5. The normalized spacial score (nSPS) is 12.2. The lowest BCUT2D eigenvalue weighted by Crippen LogP contribution is -2.52. The number of rotatable bonds is 11. The van der Waals surface area contributed by atoms with Crippen molar-refractivity contribution in [3.8, 4) is 5.75 Å². The Morgan fingerprint density at radius 2 is 1.62 bits per heavy atom. The molecular formula is C24H32BrN3O5S. The molecule has 10 heteroatoms. The Morgan fingerprint density at radius 1 is 1.03 bits per heavy atom. The zero-order chi connectivity index (χ0) is 25.5. The van der Waals surface area contributed by atoms with E-state index in [1.807, 2.05) is 45.0 Å². The van der Waals surface area contributed by atoms with Crippen molar-refractivity contribution >= 4 is 43.5 Å². The first kappa shape index (κ1) is 27.7. The number of halogens is 1. The molecule has 0 heterocycles. The number of benzene rings is 2. The molecule has 186 valence electrons. The number of amides is 2. The topological polar surface area (TPSA) is 96.0 Å². The summed E-state index contributed by atoms with van der Waals surface area (Å²) in [5, 5.41) is 2.82. The van der Waals surface area contributed by atoms with E-state index in [0.29, 0.717) is 18.0 Å². The fourth-order valence-electron chi connectivity index (χ4n) is 3.26. The molecule has 2 aromatic carbocycles. The molecule has 0 aliphatic heterocycles. The summed E-state index contributed by atoms with van der Waals surface area (Å²) in [5.41, 5.74) is 1.15. The van der Waals surface area contributed by atoms with Crippen molar-refractivity contribution in [3.63, 3.8) is 0 Å². The minimum absolute atomic E-state index is 0.101. The van der Waals surface area contributed by atoms with Gasteiger partial charge < -0.3 is 15.0 Å². The standard InChI is InChI=1S/C24H32BrN3O5S/c1-6-33-22-13-11-21(12-14-22)28(34(5,31)32)16-23(29)27(18(4)24(30)26-17(2)3)15-19-7-9-20(25)10-8-19/h7-14,17-18H,6,15-16H2,1-5H3,(H,26,30)/t18-/m1/s1. The third kappa shape index (κ3) is 8.02. The average Bonchev–Trinajstić information content (AvgIpc) is 2.76. The van der Waals surface area contributed by atoms with Gasteiger partial charge in [-0.15, -0.1) is 0 Å². The van der Waals surface area contributed by atoms with Crippen molar-refractivity contribution in [3.05, 3.63) is 58.6 Å². The Morgan fingerprint density at radius 3 is 2.12 bits per heavy atom. The van der Waals surface area contributed by atoms with Crippen LogP contribution in [-0.4, -0.2) is 56.6 Å². The first-order valence-corrected chi connectivity index (χ1v) is 13.6. The Kier molecular flexibility index (Phi) is 9.93. The molecule has 0 aliphatic carbocycles. The summed E-state index contributed by atoms with van der Waals surface area (Å²) >= 11 is 3.39. The third-order valence-corrected chi connectivity index (χ3v) is 6.65. The van der Waals surface area contributed by atoms with Crippen molar-refractivity contribution in [2.75, 3.05) is 23.7 Å². The van der Waals surface area contributed by atoms with Gasteiger partial charge in [0.1, 0.15) is 18.3 Å². The second-order valence-corrected chi connectivity index (χ2v) is 11.0. The zero-order valence-corrected chi connectivity index (χ0v) is 22.5. The SMILES string of the molecule is CCOc1ccc(N(CC(=O)N(Cc2ccc(Br)cc2)[C@H](C)C(=O)NC(C)C)S(C)(=O)=O)cc1. The van der Waals surface area contributed by atoms with E-state index in [1.165, 1.54) is 4.90 Å². The Labute approximate surface area is 210 Å². The second kappa shape index (κ2) is 12.2. The molecule has 2 rings (SSSR count). The summed E-state index contributed by atoms with van der Waals surface area (Å²) in [6.45, 7) is 7.35. The van der Waals surface area contributed by atoms with Gasteiger partial charge in [-0.25, -0.2) is 8.42 Å². The molecule has 0 saturated carbocycles.